The zero-order chi connectivity index (χ0) is 9.52. The second kappa shape index (κ2) is 5.97. The quantitative estimate of drug-likeness (QED) is 0.656. The van der Waals surface area contributed by atoms with Gasteiger partial charge in [0.05, 0.1) is 0 Å². The first-order valence-corrected chi connectivity index (χ1v) is 5.17. The maximum Gasteiger partial charge on any atom is 0.220 e. The Hall–Kier alpha value is -0.570. The monoisotopic (exact) mass is 185 g/mol. The SMILES string of the molecule is CCCCOC[C@@H]1CCNC(=O)C1. The summed E-state index contributed by atoms with van der Waals surface area (Å²) < 4.78 is 5.48. The molecule has 0 aromatic carbocycles. The molecule has 76 valence electrons. The van der Waals surface area contributed by atoms with Crippen LogP contribution in [0.4, 0.5) is 0 Å². The molecular formula is C10H19NO2. The third kappa shape index (κ3) is 4.27. The molecule has 3 nitrogen and oxygen atoms in total. The van der Waals surface area contributed by atoms with E-state index in [1.807, 2.05) is 0 Å². The number of hydrogen-bond donors (Lipinski definition) is 1. The fourth-order valence-corrected chi connectivity index (χ4v) is 1.49. The van der Waals surface area contributed by atoms with Crippen molar-refractivity contribution in [3.8, 4) is 0 Å². The predicted octanol–water partition coefficient (Wildman–Crippen LogP) is 1.33. The summed E-state index contributed by atoms with van der Waals surface area (Å²) in [5, 5.41) is 2.82. The molecule has 13 heavy (non-hydrogen) atoms. The Morgan fingerprint density at radius 2 is 2.46 bits per heavy atom. The summed E-state index contributed by atoms with van der Waals surface area (Å²) in [6.45, 7) is 4.57. The third-order valence-corrected chi connectivity index (χ3v) is 2.34. The summed E-state index contributed by atoms with van der Waals surface area (Å²) in [5.41, 5.74) is 0. The van der Waals surface area contributed by atoms with Gasteiger partial charge in [0.25, 0.3) is 0 Å². The number of amides is 1. The van der Waals surface area contributed by atoms with Crippen LogP contribution in [0.3, 0.4) is 0 Å². The van der Waals surface area contributed by atoms with E-state index in [-0.39, 0.29) is 5.91 Å². The molecule has 1 amide bonds. The summed E-state index contributed by atoms with van der Waals surface area (Å²) in [6.07, 6.45) is 4.01. The van der Waals surface area contributed by atoms with E-state index in [0.717, 1.165) is 32.6 Å². The minimum Gasteiger partial charge on any atom is -0.381 e. The topological polar surface area (TPSA) is 38.3 Å². The van der Waals surface area contributed by atoms with Crippen molar-refractivity contribution in [1.29, 1.82) is 0 Å². The average molecular weight is 185 g/mol. The first-order valence-electron chi connectivity index (χ1n) is 5.17. The van der Waals surface area contributed by atoms with E-state index in [0.29, 0.717) is 12.3 Å². The van der Waals surface area contributed by atoms with E-state index < -0.39 is 0 Å². The van der Waals surface area contributed by atoms with Crippen molar-refractivity contribution in [2.75, 3.05) is 19.8 Å². The average Bonchev–Trinajstić information content (AvgIpc) is 2.13. The molecule has 0 radical (unpaired) electrons. The molecule has 0 bridgehead atoms. The molecule has 0 aromatic rings. The Morgan fingerprint density at radius 1 is 1.62 bits per heavy atom. The Kier molecular flexibility index (Phi) is 4.83. The lowest BCUT2D eigenvalue weighted by Crippen LogP contribution is -2.35. The van der Waals surface area contributed by atoms with Crippen molar-refractivity contribution in [2.24, 2.45) is 5.92 Å². The molecule has 1 aliphatic rings. The van der Waals surface area contributed by atoms with Crippen molar-refractivity contribution in [1.82, 2.24) is 5.32 Å². The van der Waals surface area contributed by atoms with Crippen LogP contribution < -0.4 is 5.32 Å². The highest BCUT2D eigenvalue weighted by Crippen LogP contribution is 2.12. The molecule has 3 heteroatoms. The number of carbonyl (C=O) groups excluding carboxylic acids is 1. The van der Waals surface area contributed by atoms with Gasteiger partial charge in [-0.1, -0.05) is 13.3 Å². The summed E-state index contributed by atoms with van der Waals surface area (Å²) >= 11 is 0. The number of nitrogens with one attached hydrogen (secondary N) is 1. The summed E-state index contributed by atoms with van der Waals surface area (Å²) in [7, 11) is 0. The molecule has 1 heterocycles. The van der Waals surface area contributed by atoms with Gasteiger partial charge in [-0.25, -0.2) is 0 Å². The van der Waals surface area contributed by atoms with Crippen molar-refractivity contribution in [3.63, 3.8) is 0 Å². The lowest BCUT2D eigenvalue weighted by atomic mass is 9.99. The van der Waals surface area contributed by atoms with E-state index in [4.69, 9.17) is 4.74 Å². The van der Waals surface area contributed by atoms with Crippen LogP contribution in [0.15, 0.2) is 0 Å². The molecule has 1 N–H and O–H groups in total. The second-order valence-electron chi connectivity index (χ2n) is 3.64. The number of unbranched alkanes of at least 4 members (excludes halogenated alkanes) is 1. The van der Waals surface area contributed by atoms with Gasteiger partial charge < -0.3 is 10.1 Å². The number of rotatable bonds is 5. The van der Waals surface area contributed by atoms with Crippen molar-refractivity contribution < 1.29 is 9.53 Å². The fraction of sp³-hybridized carbons (Fsp3) is 0.900. The maximum absolute atomic E-state index is 11.0. The maximum atomic E-state index is 11.0. The van der Waals surface area contributed by atoms with Crippen LogP contribution in [0.2, 0.25) is 0 Å². The molecule has 1 aliphatic heterocycles. The Labute approximate surface area is 79.8 Å². The Morgan fingerprint density at radius 3 is 3.15 bits per heavy atom. The van der Waals surface area contributed by atoms with Crippen LogP contribution >= 0.6 is 0 Å². The van der Waals surface area contributed by atoms with E-state index in [1.165, 1.54) is 6.42 Å². The molecule has 1 fully saturated rings. The van der Waals surface area contributed by atoms with E-state index in [2.05, 4.69) is 12.2 Å². The highest BCUT2D eigenvalue weighted by molar-refractivity contribution is 5.76. The van der Waals surface area contributed by atoms with Crippen LogP contribution in [0, 0.1) is 5.92 Å². The molecule has 0 unspecified atom stereocenters. The van der Waals surface area contributed by atoms with Crippen LogP contribution in [-0.4, -0.2) is 25.7 Å². The predicted molar refractivity (Wildman–Crippen MR) is 51.5 cm³/mol. The normalized spacial score (nSPS) is 22.8. The van der Waals surface area contributed by atoms with Crippen LogP contribution in [0.5, 0.6) is 0 Å². The van der Waals surface area contributed by atoms with E-state index >= 15 is 0 Å². The first kappa shape index (κ1) is 10.5. The Balaban J connectivity index is 2.03. The van der Waals surface area contributed by atoms with Gasteiger partial charge in [0, 0.05) is 26.2 Å². The van der Waals surface area contributed by atoms with Gasteiger partial charge in [-0.05, 0) is 18.8 Å². The lowest BCUT2D eigenvalue weighted by molar-refractivity contribution is -0.124. The largest absolute Gasteiger partial charge is 0.381 e. The minimum atomic E-state index is 0.176. The molecule has 0 saturated carbocycles. The highest BCUT2D eigenvalue weighted by Gasteiger charge is 2.18. The van der Waals surface area contributed by atoms with Crippen LogP contribution in [0.1, 0.15) is 32.6 Å². The third-order valence-electron chi connectivity index (χ3n) is 2.34. The van der Waals surface area contributed by atoms with Gasteiger partial charge in [0.1, 0.15) is 0 Å². The molecular weight excluding hydrogens is 166 g/mol. The van der Waals surface area contributed by atoms with Crippen molar-refractivity contribution >= 4 is 5.91 Å². The van der Waals surface area contributed by atoms with Gasteiger partial charge in [0.2, 0.25) is 5.91 Å². The number of ether oxygens (including phenoxy) is 1. The molecule has 0 aliphatic carbocycles. The lowest BCUT2D eigenvalue weighted by Gasteiger charge is -2.21. The summed E-state index contributed by atoms with van der Waals surface area (Å²) in [4.78, 5) is 11.0. The minimum absolute atomic E-state index is 0.176. The molecule has 1 saturated heterocycles. The number of carbonyl (C=O) groups is 1. The smallest absolute Gasteiger partial charge is 0.220 e. The highest BCUT2D eigenvalue weighted by atomic mass is 16.5. The van der Waals surface area contributed by atoms with E-state index in [9.17, 15) is 4.79 Å². The molecule has 0 spiro atoms. The first-order chi connectivity index (χ1) is 6.33. The number of hydrogen-bond acceptors (Lipinski definition) is 2. The van der Waals surface area contributed by atoms with Crippen molar-refractivity contribution in [3.05, 3.63) is 0 Å². The number of piperidine rings is 1. The fourth-order valence-electron chi connectivity index (χ4n) is 1.49. The second-order valence-corrected chi connectivity index (χ2v) is 3.64. The van der Waals surface area contributed by atoms with Crippen molar-refractivity contribution in [2.45, 2.75) is 32.6 Å². The zero-order valence-electron chi connectivity index (χ0n) is 8.34. The van der Waals surface area contributed by atoms with Gasteiger partial charge in [0.15, 0.2) is 0 Å². The molecule has 1 atom stereocenters. The van der Waals surface area contributed by atoms with Gasteiger partial charge in [-0.2, -0.15) is 0 Å². The van der Waals surface area contributed by atoms with Gasteiger partial charge in [-0.3, -0.25) is 4.79 Å². The van der Waals surface area contributed by atoms with Gasteiger partial charge in [-0.15, -0.1) is 0 Å². The van der Waals surface area contributed by atoms with Crippen LogP contribution in [0.25, 0.3) is 0 Å². The van der Waals surface area contributed by atoms with Crippen LogP contribution in [-0.2, 0) is 9.53 Å². The van der Waals surface area contributed by atoms with E-state index in [1.54, 1.807) is 0 Å². The molecule has 0 aromatic heterocycles. The molecule has 1 rings (SSSR count). The zero-order valence-corrected chi connectivity index (χ0v) is 8.34. The standard InChI is InChI=1S/C10H19NO2/c1-2-3-6-13-8-9-4-5-11-10(12)7-9/h9H,2-8H2,1H3,(H,11,12)/t9-/m1/s1. The van der Waals surface area contributed by atoms with Gasteiger partial charge >= 0.3 is 0 Å². The summed E-state index contributed by atoms with van der Waals surface area (Å²) in [6, 6.07) is 0. The Bertz CT molecular complexity index is 159. The summed E-state index contributed by atoms with van der Waals surface area (Å²) in [5.74, 6) is 0.626.